The van der Waals surface area contributed by atoms with E-state index in [0.29, 0.717) is 5.78 Å². The van der Waals surface area contributed by atoms with Crippen molar-refractivity contribution in [3.05, 3.63) is 11.8 Å². The van der Waals surface area contributed by atoms with Crippen molar-refractivity contribution in [2.75, 3.05) is 31.2 Å². The maximum Gasteiger partial charge on any atom is 0.190 e. The average molecular weight is 362 g/mol. The van der Waals surface area contributed by atoms with Crippen LogP contribution >= 0.6 is 11.8 Å². The summed E-state index contributed by atoms with van der Waals surface area (Å²) in [7, 11) is 0. The molecule has 0 aromatic carbocycles. The summed E-state index contributed by atoms with van der Waals surface area (Å²) in [6.07, 6.45) is 2.16. The number of ketones is 1. The van der Waals surface area contributed by atoms with Gasteiger partial charge in [-0.05, 0) is 30.6 Å². The van der Waals surface area contributed by atoms with Gasteiger partial charge in [0.2, 0.25) is 0 Å². The molecule has 3 atom stereocenters. The number of Topliss-reactive ketones (excluding diaryl/α,β-unsaturated/α-hetero) is 1. The number of rotatable bonds is 3. The molecule has 2 aliphatic carbocycles. The Labute approximate surface area is 153 Å². The molecule has 6 heteroatoms. The number of anilines is 1. The van der Waals surface area contributed by atoms with Gasteiger partial charge >= 0.3 is 0 Å². The van der Waals surface area contributed by atoms with Gasteiger partial charge in [0.05, 0.1) is 18.5 Å². The third-order valence-corrected chi connectivity index (χ3v) is 8.24. The van der Waals surface area contributed by atoms with Crippen molar-refractivity contribution >= 4 is 23.4 Å². The number of thioether (sulfide) groups is 1. The van der Waals surface area contributed by atoms with Crippen LogP contribution in [0, 0.1) is 23.7 Å². The molecule has 136 valence electrons. The first-order valence-electron chi connectivity index (χ1n) is 9.22. The third-order valence-electron chi connectivity index (χ3n) is 6.85. The van der Waals surface area contributed by atoms with E-state index in [0.717, 1.165) is 55.8 Å². The van der Waals surface area contributed by atoms with E-state index in [1.165, 1.54) is 0 Å². The Morgan fingerprint density at radius 3 is 2.60 bits per heavy atom. The predicted octanol–water partition coefficient (Wildman–Crippen LogP) is 3.11. The normalized spacial score (nSPS) is 33.9. The smallest absolute Gasteiger partial charge is 0.190 e. The number of aromatic nitrogens is 2. The summed E-state index contributed by atoms with van der Waals surface area (Å²) in [4.78, 5) is 24.6. The molecule has 25 heavy (non-hydrogen) atoms. The van der Waals surface area contributed by atoms with E-state index in [9.17, 15) is 4.79 Å². The van der Waals surface area contributed by atoms with Gasteiger partial charge in [-0.3, -0.25) is 4.79 Å². The lowest BCUT2D eigenvalue weighted by Gasteiger charge is -2.37. The van der Waals surface area contributed by atoms with Gasteiger partial charge in [0.1, 0.15) is 11.6 Å². The molecule has 0 unspecified atom stereocenters. The fourth-order valence-electron chi connectivity index (χ4n) is 4.81. The van der Waals surface area contributed by atoms with E-state index >= 15 is 0 Å². The lowest BCUT2D eigenvalue weighted by molar-refractivity contribution is -0.122. The van der Waals surface area contributed by atoms with Crippen LogP contribution in [0.25, 0.3) is 0 Å². The second-order valence-electron chi connectivity index (χ2n) is 8.38. The molecule has 3 fully saturated rings. The summed E-state index contributed by atoms with van der Waals surface area (Å²) in [6.45, 7) is 12.0. The molecule has 0 spiro atoms. The van der Waals surface area contributed by atoms with Gasteiger partial charge in [0, 0.05) is 30.8 Å². The summed E-state index contributed by atoms with van der Waals surface area (Å²) >= 11 is 1.59. The Kier molecular flexibility index (Phi) is 4.11. The number of hydrogen-bond donors (Lipinski definition) is 0. The molecule has 2 bridgehead atoms. The van der Waals surface area contributed by atoms with Crippen LogP contribution in [0.2, 0.25) is 0 Å². The minimum Gasteiger partial charge on any atom is -0.378 e. The standard InChI is InChI=1S/C19H27N3O2S/c1-12-11-14(22-7-9-24-10-8-22)21-17(20-12)25-16-15(23)13-5-6-19(16,4)18(13,2)3/h11,13,16H,5-10H2,1-4H3/t13-,16-,19-/m1/s1. The molecule has 1 saturated heterocycles. The van der Waals surface area contributed by atoms with Crippen LogP contribution in [0.5, 0.6) is 0 Å². The molecular formula is C19H27N3O2S. The Hall–Kier alpha value is -1.14. The fourth-order valence-corrected chi connectivity index (χ4v) is 6.33. The van der Waals surface area contributed by atoms with Crippen LogP contribution < -0.4 is 4.90 Å². The Morgan fingerprint density at radius 1 is 1.24 bits per heavy atom. The Morgan fingerprint density at radius 2 is 1.96 bits per heavy atom. The predicted molar refractivity (Wildman–Crippen MR) is 99.1 cm³/mol. The van der Waals surface area contributed by atoms with Gasteiger partial charge in [-0.1, -0.05) is 32.5 Å². The molecule has 1 aromatic heterocycles. The van der Waals surface area contributed by atoms with Crippen LogP contribution in [0.3, 0.4) is 0 Å². The fraction of sp³-hybridized carbons (Fsp3) is 0.737. The van der Waals surface area contributed by atoms with Crippen molar-refractivity contribution in [1.82, 2.24) is 9.97 Å². The second kappa shape index (κ2) is 5.95. The molecule has 0 radical (unpaired) electrons. The third kappa shape index (κ3) is 2.60. The number of ether oxygens (including phenoxy) is 1. The number of carbonyl (C=O) groups excluding carboxylic acids is 1. The van der Waals surface area contributed by atoms with Gasteiger partial charge in [0.15, 0.2) is 5.16 Å². The summed E-state index contributed by atoms with van der Waals surface area (Å²) < 4.78 is 5.44. The minimum absolute atomic E-state index is 0.0272. The van der Waals surface area contributed by atoms with Crippen molar-refractivity contribution in [3.63, 3.8) is 0 Å². The minimum atomic E-state index is -0.0272. The van der Waals surface area contributed by atoms with Crippen LogP contribution in [0.15, 0.2) is 11.2 Å². The first kappa shape index (κ1) is 17.3. The lowest BCUT2D eigenvalue weighted by Crippen LogP contribution is -2.37. The van der Waals surface area contributed by atoms with Crippen LogP contribution in [0.1, 0.15) is 39.3 Å². The molecule has 0 amide bonds. The van der Waals surface area contributed by atoms with Gasteiger partial charge in [-0.25, -0.2) is 9.97 Å². The van der Waals surface area contributed by atoms with E-state index in [4.69, 9.17) is 9.72 Å². The van der Waals surface area contributed by atoms with E-state index in [1.54, 1.807) is 11.8 Å². The van der Waals surface area contributed by atoms with E-state index in [2.05, 4.69) is 30.7 Å². The molecule has 2 heterocycles. The zero-order chi connectivity index (χ0) is 17.8. The molecule has 2 saturated carbocycles. The number of fused-ring (bicyclic) bond motifs is 2. The van der Waals surface area contributed by atoms with Crippen molar-refractivity contribution in [1.29, 1.82) is 0 Å². The largest absolute Gasteiger partial charge is 0.378 e. The molecule has 3 aliphatic rings. The summed E-state index contributed by atoms with van der Waals surface area (Å²) in [5.41, 5.74) is 1.06. The highest BCUT2D eigenvalue weighted by Crippen LogP contribution is 2.67. The highest BCUT2D eigenvalue weighted by atomic mass is 32.2. The van der Waals surface area contributed by atoms with E-state index < -0.39 is 0 Å². The number of morpholine rings is 1. The topological polar surface area (TPSA) is 55.3 Å². The maximum absolute atomic E-state index is 13.0. The van der Waals surface area contributed by atoms with Gasteiger partial charge in [-0.15, -0.1) is 0 Å². The first-order valence-corrected chi connectivity index (χ1v) is 10.1. The zero-order valence-electron chi connectivity index (χ0n) is 15.5. The number of nitrogens with zero attached hydrogens (tertiary/aromatic N) is 3. The maximum atomic E-state index is 13.0. The van der Waals surface area contributed by atoms with Crippen molar-refractivity contribution in [2.45, 2.75) is 50.9 Å². The Balaban J connectivity index is 1.61. The molecular weight excluding hydrogens is 334 g/mol. The van der Waals surface area contributed by atoms with Crippen molar-refractivity contribution in [3.8, 4) is 0 Å². The van der Waals surface area contributed by atoms with Gasteiger partial charge in [-0.2, -0.15) is 0 Å². The highest BCUT2D eigenvalue weighted by Gasteiger charge is 2.66. The van der Waals surface area contributed by atoms with Gasteiger partial charge in [0.25, 0.3) is 0 Å². The van der Waals surface area contributed by atoms with Crippen molar-refractivity contribution < 1.29 is 9.53 Å². The van der Waals surface area contributed by atoms with Crippen LogP contribution in [-0.2, 0) is 9.53 Å². The number of carbonyl (C=O) groups is 1. The quantitative estimate of drug-likeness (QED) is 0.771. The summed E-state index contributed by atoms with van der Waals surface area (Å²) in [6, 6.07) is 2.03. The molecule has 1 aromatic rings. The lowest BCUT2D eigenvalue weighted by atomic mass is 9.71. The van der Waals surface area contributed by atoms with E-state index in [1.807, 2.05) is 13.0 Å². The van der Waals surface area contributed by atoms with Crippen LogP contribution in [-0.4, -0.2) is 47.3 Å². The monoisotopic (exact) mass is 361 g/mol. The zero-order valence-corrected chi connectivity index (χ0v) is 16.4. The molecule has 1 aliphatic heterocycles. The van der Waals surface area contributed by atoms with Gasteiger partial charge < -0.3 is 9.64 Å². The molecule has 5 nitrogen and oxygen atoms in total. The molecule has 4 rings (SSSR count). The number of aryl methyl sites for hydroxylation is 1. The molecule has 0 N–H and O–H groups in total. The second-order valence-corrected chi connectivity index (χ2v) is 9.45. The van der Waals surface area contributed by atoms with E-state index in [-0.39, 0.29) is 22.0 Å². The first-order chi connectivity index (χ1) is 11.8. The summed E-state index contributed by atoms with van der Waals surface area (Å²) in [5, 5.41) is 0.713. The SMILES string of the molecule is Cc1cc(N2CCOCC2)nc(S[C@@H]2C(=O)[C@H]3CC[C@@]2(C)C3(C)C)n1. The average Bonchev–Trinajstić information content (AvgIpc) is 2.89. The summed E-state index contributed by atoms with van der Waals surface area (Å²) in [5.74, 6) is 1.55. The highest BCUT2D eigenvalue weighted by molar-refractivity contribution is 8.00. The van der Waals surface area contributed by atoms with Crippen molar-refractivity contribution in [2.24, 2.45) is 16.7 Å². The number of hydrogen-bond acceptors (Lipinski definition) is 6. The van der Waals surface area contributed by atoms with Crippen LogP contribution in [0.4, 0.5) is 5.82 Å². The Bertz CT molecular complexity index is 702.